The third-order valence-corrected chi connectivity index (χ3v) is 2.77. The van der Waals surface area contributed by atoms with Gasteiger partial charge in [0.2, 0.25) is 0 Å². The summed E-state index contributed by atoms with van der Waals surface area (Å²) < 4.78 is 2.05. The van der Waals surface area contributed by atoms with E-state index in [9.17, 15) is 0 Å². The number of imidazole rings is 1. The van der Waals surface area contributed by atoms with Crippen molar-refractivity contribution >= 4 is 23.0 Å². The number of nitrogens with one attached hydrogen (secondary N) is 1. The van der Waals surface area contributed by atoms with Crippen molar-refractivity contribution in [2.24, 2.45) is 0 Å². The summed E-state index contributed by atoms with van der Waals surface area (Å²) in [6, 6.07) is 5.48. The highest BCUT2D eigenvalue weighted by atomic mass is 35.5. The van der Waals surface area contributed by atoms with Crippen molar-refractivity contribution in [2.75, 3.05) is 17.6 Å². The number of nitrogens with two attached hydrogens (primary N) is 1. The highest BCUT2D eigenvalue weighted by Gasteiger charge is 1.99. The molecule has 4 nitrogen and oxygen atoms in total. The zero-order chi connectivity index (χ0) is 12.1. The normalized spacial score (nSPS) is 10.4. The molecule has 0 amide bonds. The van der Waals surface area contributed by atoms with Gasteiger partial charge in [0.1, 0.15) is 0 Å². The number of anilines is 2. The van der Waals surface area contributed by atoms with Gasteiger partial charge in [0, 0.05) is 31.2 Å². The Morgan fingerprint density at radius 1 is 1.41 bits per heavy atom. The van der Waals surface area contributed by atoms with Gasteiger partial charge in [0.05, 0.1) is 17.0 Å². The van der Waals surface area contributed by atoms with E-state index < -0.39 is 0 Å². The summed E-state index contributed by atoms with van der Waals surface area (Å²) in [5.74, 6) is 0. The Bertz CT molecular complexity index is 467. The van der Waals surface area contributed by atoms with Crippen LogP contribution in [0.3, 0.4) is 0 Å². The first-order chi connectivity index (χ1) is 8.25. The van der Waals surface area contributed by atoms with Gasteiger partial charge in [-0.1, -0.05) is 11.6 Å². The van der Waals surface area contributed by atoms with Gasteiger partial charge in [-0.15, -0.1) is 0 Å². The Morgan fingerprint density at radius 2 is 2.29 bits per heavy atom. The van der Waals surface area contributed by atoms with Crippen LogP contribution in [-0.4, -0.2) is 16.1 Å². The van der Waals surface area contributed by atoms with Crippen LogP contribution in [0, 0.1) is 0 Å². The number of nitrogen functional groups attached to an aromatic ring is 1. The third kappa shape index (κ3) is 3.39. The van der Waals surface area contributed by atoms with Gasteiger partial charge in [-0.05, 0) is 24.6 Å². The van der Waals surface area contributed by atoms with E-state index in [-0.39, 0.29) is 0 Å². The topological polar surface area (TPSA) is 55.9 Å². The number of benzene rings is 1. The molecule has 2 aromatic rings. The van der Waals surface area contributed by atoms with Crippen LogP contribution in [-0.2, 0) is 6.54 Å². The monoisotopic (exact) mass is 250 g/mol. The van der Waals surface area contributed by atoms with E-state index in [0.29, 0.717) is 10.7 Å². The van der Waals surface area contributed by atoms with Gasteiger partial charge < -0.3 is 15.6 Å². The average molecular weight is 251 g/mol. The molecule has 0 fully saturated rings. The van der Waals surface area contributed by atoms with Gasteiger partial charge in [-0.3, -0.25) is 0 Å². The lowest BCUT2D eigenvalue weighted by atomic mass is 10.3. The molecule has 0 spiro atoms. The zero-order valence-electron chi connectivity index (χ0n) is 9.44. The second-order valence-electron chi connectivity index (χ2n) is 3.82. The lowest BCUT2D eigenvalue weighted by molar-refractivity contribution is 0.661. The molecular weight excluding hydrogens is 236 g/mol. The minimum Gasteiger partial charge on any atom is -0.399 e. The Morgan fingerprint density at radius 3 is 3.00 bits per heavy atom. The molecule has 1 heterocycles. The predicted molar refractivity (Wildman–Crippen MR) is 71.2 cm³/mol. The van der Waals surface area contributed by atoms with Crippen LogP contribution in [0.4, 0.5) is 11.4 Å². The van der Waals surface area contributed by atoms with Crippen molar-refractivity contribution < 1.29 is 0 Å². The standard InChI is InChI=1S/C12H15ClN4/c13-11-8-10(14)2-3-12(11)16-4-1-6-17-7-5-15-9-17/h2-3,5,7-9,16H,1,4,6,14H2. The highest BCUT2D eigenvalue weighted by molar-refractivity contribution is 6.33. The number of hydrogen-bond acceptors (Lipinski definition) is 3. The summed E-state index contributed by atoms with van der Waals surface area (Å²) in [6.07, 6.45) is 6.56. The van der Waals surface area contributed by atoms with Gasteiger partial charge in [0.15, 0.2) is 0 Å². The fraction of sp³-hybridized carbons (Fsp3) is 0.250. The molecule has 90 valence electrons. The maximum Gasteiger partial charge on any atom is 0.0945 e. The van der Waals surface area contributed by atoms with Crippen LogP contribution >= 0.6 is 11.6 Å². The minimum absolute atomic E-state index is 0.660. The first-order valence-electron chi connectivity index (χ1n) is 5.50. The van der Waals surface area contributed by atoms with E-state index >= 15 is 0 Å². The fourth-order valence-electron chi connectivity index (χ4n) is 1.58. The van der Waals surface area contributed by atoms with Crippen molar-refractivity contribution in [3.63, 3.8) is 0 Å². The molecule has 5 heteroatoms. The molecule has 0 saturated heterocycles. The summed E-state index contributed by atoms with van der Waals surface area (Å²) >= 11 is 6.05. The first kappa shape index (κ1) is 11.8. The number of halogens is 1. The summed E-state index contributed by atoms with van der Waals surface area (Å²) in [4.78, 5) is 3.99. The number of rotatable bonds is 5. The Balaban J connectivity index is 1.78. The highest BCUT2D eigenvalue weighted by Crippen LogP contribution is 2.23. The average Bonchev–Trinajstić information content (AvgIpc) is 2.79. The number of nitrogens with zero attached hydrogens (tertiary/aromatic N) is 2. The second-order valence-corrected chi connectivity index (χ2v) is 4.23. The molecule has 0 aliphatic heterocycles. The molecule has 0 bridgehead atoms. The van der Waals surface area contributed by atoms with Gasteiger partial charge in [0.25, 0.3) is 0 Å². The van der Waals surface area contributed by atoms with Crippen molar-refractivity contribution in [2.45, 2.75) is 13.0 Å². The van der Waals surface area contributed by atoms with Crippen LogP contribution in [0.15, 0.2) is 36.9 Å². The molecule has 0 saturated carbocycles. The number of aryl methyl sites for hydroxylation is 1. The molecule has 1 aromatic heterocycles. The minimum atomic E-state index is 0.660. The summed E-state index contributed by atoms with van der Waals surface area (Å²) in [5.41, 5.74) is 7.23. The van der Waals surface area contributed by atoms with E-state index in [1.54, 1.807) is 12.3 Å². The predicted octanol–water partition coefficient (Wildman–Crippen LogP) is 2.62. The van der Waals surface area contributed by atoms with E-state index in [1.807, 2.05) is 29.2 Å². The van der Waals surface area contributed by atoms with Crippen LogP contribution in [0.1, 0.15) is 6.42 Å². The fourth-order valence-corrected chi connectivity index (χ4v) is 1.83. The van der Waals surface area contributed by atoms with Crippen LogP contribution in [0.2, 0.25) is 5.02 Å². The Kier molecular flexibility index (Phi) is 3.88. The molecule has 0 unspecified atom stereocenters. The molecule has 0 aliphatic carbocycles. The van der Waals surface area contributed by atoms with Gasteiger partial charge in [-0.2, -0.15) is 0 Å². The molecule has 3 N–H and O–H groups in total. The van der Waals surface area contributed by atoms with Crippen molar-refractivity contribution in [1.29, 1.82) is 0 Å². The van der Waals surface area contributed by atoms with Crippen molar-refractivity contribution in [3.8, 4) is 0 Å². The Labute approximate surface area is 105 Å². The first-order valence-corrected chi connectivity index (χ1v) is 5.88. The summed E-state index contributed by atoms with van der Waals surface area (Å²) in [7, 11) is 0. The van der Waals surface area contributed by atoms with Crippen LogP contribution in [0.25, 0.3) is 0 Å². The molecule has 0 radical (unpaired) electrons. The molecule has 17 heavy (non-hydrogen) atoms. The van der Waals surface area contributed by atoms with Gasteiger partial charge in [-0.25, -0.2) is 4.98 Å². The number of hydrogen-bond donors (Lipinski definition) is 2. The quantitative estimate of drug-likeness (QED) is 0.634. The van der Waals surface area contributed by atoms with Crippen molar-refractivity contribution in [3.05, 3.63) is 41.9 Å². The summed E-state index contributed by atoms with van der Waals surface area (Å²) in [6.45, 7) is 1.81. The van der Waals surface area contributed by atoms with Gasteiger partial charge >= 0.3 is 0 Å². The summed E-state index contributed by atoms with van der Waals surface area (Å²) in [5, 5.41) is 3.94. The second kappa shape index (κ2) is 5.59. The largest absolute Gasteiger partial charge is 0.399 e. The third-order valence-electron chi connectivity index (χ3n) is 2.46. The van der Waals surface area contributed by atoms with E-state index in [2.05, 4.69) is 10.3 Å². The zero-order valence-corrected chi connectivity index (χ0v) is 10.2. The van der Waals surface area contributed by atoms with Crippen LogP contribution < -0.4 is 11.1 Å². The Hall–Kier alpha value is -1.68. The molecule has 0 aliphatic rings. The smallest absolute Gasteiger partial charge is 0.0945 e. The lowest BCUT2D eigenvalue weighted by Gasteiger charge is -2.09. The molecule has 2 rings (SSSR count). The molecule has 1 aromatic carbocycles. The van der Waals surface area contributed by atoms with E-state index in [0.717, 1.165) is 25.2 Å². The lowest BCUT2D eigenvalue weighted by Crippen LogP contribution is -2.06. The molecule has 0 atom stereocenters. The maximum atomic E-state index is 6.05. The maximum absolute atomic E-state index is 6.05. The van der Waals surface area contributed by atoms with E-state index in [4.69, 9.17) is 17.3 Å². The number of aromatic nitrogens is 2. The van der Waals surface area contributed by atoms with Crippen LogP contribution in [0.5, 0.6) is 0 Å². The van der Waals surface area contributed by atoms with E-state index in [1.165, 1.54) is 0 Å². The SMILES string of the molecule is Nc1ccc(NCCCn2ccnc2)c(Cl)c1. The molecular formula is C12H15ClN4. The van der Waals surface area contributed by atoms with Crippen molar-refractivity contribution in [1.82, 2.24) is 9.55 Å².